The standard InChI is InChI=1S/C12H8Br2FNO2S/c13-8-1-4-10(5-2-8)19(17,18)16-12-6-3-9(15)7-11(12)14/h1-7,16H. The Balaban J connectivity index is 2.33. The first-order valence-corrected chi connectivity index (χ1v) is 8.19. The smallest absolute Gasteiger partial charge is 0.261 e. The van der Waals surface area contributed by atoms with Crippen LogP contribution in [0.25, 0.3) is 0 Å². The van der Waals surface area contributed by atoms with Crippen molar-refractivity contribution in [2.75, 3.05) is 4.72 Å². The molecule has 0 atom stereocenters. The van der Waals surface area contributed by atoms with E-state index in [1.54, 1.807) is 12.1 Å². The van der Waals surface area contributed by atoms with Crippen LogP contribution in [0.1, 0.15) is 0 Å². The Morgan fingerprint density at radius 3 is 2.21 bits per heavy atom. The summed E-state index contributed by atoms with van der Waals surface area (Å²) in [6.45, 7) is 0. The van der Waals surface area contributed by atoms with Gasteiger partial charge in [-0.05, 0) is 58.4 Å². The highest BCUT2D eigenvalue weighted by molar-refractivity contribution is 9.10. The fraction of sp³-hybridized carbons (Fsp3) is 0. The molecule has 0 aromatic heterocycles. The van der Waals surface area contributed by atoms with E-state index < -0.39 is 15.8 Å². The van der Waals surface area contributed by atoms with Gasteiger partial charge >= 0.3 is 0 Å². The maximum absolute atomic E-state index is 12.9. The van der Waals surface area contributed by atoms with E-state index in [-0.39, 0.29) is 10.6 Å². The zero-order chi connectivity index (χ0) is 14.0. The zero-order valence-electron chi connectivity index (χ0n) is 9.40. The lowest BCUT2D eigenvalue weighted by Crippen LogP contribution is -2.13. The Morgan fingerprint density at radius 1 is 1.00 bits per heavy atom. The lowest BCUT2D eigenvalue weighted by molar-refractivity contribution is 0.601. The van der Waals surface area contributed by atoms with Crippen LogP contribution in [0.15, 0.2) is 56.3 Å². The van der Waals surface area contributed by atoms with Gasteiger partial charge in [-0.15, -0.1) is 0 Å². The highest BCUT2D eigenvalue weighted by Crippen LogP contribution is 2.26. The molecular weight excluding hydrogens is 401 g/mol. The van der Waals surface area contributed by atoms with Gasteiger partial charge in [0.2, 0.25) is 0 Å². The predicted molar refractivity (Wildman–Crippen MR) is 79.1 cm³/mol. The molecule has 19 heavy (non-hydrogen) atoms. The van der Waals surface area contributed by atoms with Crippen LogP contribution in [0.3, 0.4) is 0 Å². The number of halogens is 3. The molecule has 3 nitrogen and oxygen atoms in total. The highest BCUT2D eigenvalue weighted by atomic mass is 79.9. The summed E-state index contributed by atoms with van der Waals surface area (Å²) in [5, 5.41) is 0. The topological polar surface area (TPSA) is 46.2 Å². The minimum absolute atomic E-state index is 0.131. The molecule has 2 aromatic rings. The quantitative estimate of drug-likeness (QED) is 0.828. The van der Waals surface area contributed by atoms with Crippen molar-refractivity contribution in [2.24, 2.45) is 0 Å². The van der Waals surface area contributed by atoms with Crippen LogP contribution in [0.4, 0.5) is 10.1 Å². The maximum atomic E-state index is 12.9. The van der Waals surface area contributed by atoms with Gasteiger partial charge in [-0.3, -0.25) is 4.72 Å². The highest BCUT2D eigenvalue weighted by Gasteiger charge is 2.15. The SMILES string of the molecule is O=S(=O)(Nc1ccc(F)cc1Br)c1ccc(Br)cc1. The predicted octanol–water partition coefficient (Wildman–Crippen LogP) is 4.15. The van der Waals surface area contributed by atoms with Crippen molar-refractivity contribution in [3.05, 3.63) is 57.2 Å². The molecule has 0 saturated heterocycles. The van der Waals surface area contributed by atoms with Crippen molar-refractivity contribution in [1.29, 1.82) is 0 Å². The van der Waals surface area contributed by atoms with E-state index in [2.05, 4.69) is 36.6 Å². The van der Waals surface area contributed by atoms with Crippen molar-refractivity contribution in [2.45, 2.75) is 4.90 Å². The van der Waals surface area contributed by atoms with Crippen molar-refractivity contribution in [3.63, 3.8) is 0 Å². The summed E-state index contributed by atoms with van der Waals surface area (Å²) in [6.07, 6.45) is 0. The van der Waals surface area contributed by atoms with E-state index in [1.807, 2.05) is 0 Å². The number of hydrogen-bond acceptors (Lipinski definition) is 2. The second-order valence-corrected chi connectivity index (χ2v) is 7.14. The molecule has 0 unspecified atom stereocenters. The summed E-state index contributed by atoms with van der Waals surface area (Å²) in [6, 6.07) is 9.95. The van der Waals surface area contributed by atoms with Gasteiger partial charge in [0.1, 0.15) is 5.82 Å². The minimum Gasteiger partial charge on any atom is -0.278 e. The van der Waals surface area contributed by atoms with Crippen molar-refractivity contribution in [1.82, 2.24) is 0 Å². The number of benzene rings is 2. The van der Waals surface area contributed by atoms with E-state index in [9.17, 15) is 12.8 Å². The minimum atomic E-state index is -3.69. The van der Waals surface area contributed by atoms with Crippen LogP contribution in [-0.2, 0) is 10.0 Å². The molecule has 7 heteroatoms. The first-order chi connectivity index (χ1) is 8.88. The Bertz CT molecular complexity index is 702. The molecular formula is C12H8Br2FNO2S. The van der Waals surface area contributed by atoms with E-state index in [0.29, 0.717) is 4.47 Å². The van der Waals surface area contributed by atoms with E-state index in [1.165, 1.54) is 30.3 Å². The summed E-state index contributed by atoms with van der Waals surface area (Å²) in [4.78, 5) is 0.131. The maximum Gasteiger partial charge on any atom is 0.261 e. The Kier molecular flexibility index (Phi) is 4.27. The summed E-state index contributed by atoms with van der Waals surface area (Å²) in [7, 11) is -3.69. The Labute approximate surface area is 127 Å². The lowest BCUT2D eigenvalue weighted by Gasteiger charge is -2.09. The number of nitrogens with one attached hydrogen (secondary N) is 1. The zero-order valence-corrected chi connectivity index (χ0v) is 13.4. The van der Waals surface area contributed by atoms with Gasteiger partial charge in [0, 0.05) is 8.95 Å². The molecule has 0 heterocycles. The number of sulfonamides is 1. The Morgan fingerprint density at radius 2 is 1.63 bits per heavy atom. The second-order valence-electron chi connectivity index (χ2n) is 3.68. The molecule has 0 saturated carbocycles. The van der Waals surface area contributed by atoms with Crippen LogP contribution in [0, 0.1) is 5.82 Å². The fourth-order valence-electron chi connectivity index (χ4n) is 1.39. The van der Waals surface area contributed by atoms with Gasteiger partial charge in [0.25, 0.3) is 10.0 Å². The van der Waals surface area contributed by atoms with Crippen LogP contribution in [-0.4, -0.2) is 8.42 Å². The van der Waals surface area contributed by atoms with Gasteiger partial charge in [0.05, 0.1) is 10.6 Å². The van der Waals surface area contributed by atoms with E-state index in [4.69, 9.17) is 0 Å². The molecule has 0 fully saturated rings. The lowest BCUT2D eigenvalue weighted by atomic mass is 10.3. The van der Waals surface area contributed by atoms with E-state index >= 15 is 0 Å². The normalized spacial score (nSPS) is 11.3. The third-order valence-corrected chi connectivity index (χ3v) is 4.87. The van der Waals surface area contributed by atoms with Crippen LogP contribution >= 0.6 is 31.9 Å². The summed E-state index contributed by atoms with van der Waals surface area (Å²) in [5.41, 5.74) is 0.282. The Hall–Kier alpha value is -0.920. The first kappa shape index (κ1) is 14.5. The first-order valence-electron chi connectivity index (χ1n) is 5.12. The summed E-state index contributed by atoms with van der Waals surface area (Å²) < 4.78 is 40.7. The molecule has 0 aliphatic rings. The second kappa shape index (κ2) is 5.60. The number of rotatable bonds is 3. The molecule has 0 radical (unpaired) electrons. The molecule has 0 spiro atoms. The molecule has 0 aliphatic carbocycles. The molecule has 2 aromatic carbocycles. The van der Waals surface area contributed by atoms with E-state index in [0.717, 1.165) is 4.47 Å². The monoisotopic (exact) mass is 407 g/mol. The third-order valence-electron chi connectivity index (χ3n) is 2.30. The number of anilines is 1. The summed E-state index contributed by atoms with van der Waals surface area (Å²) >= 11 is 6.34. The molecule has 1 N–H and O–H groups in total. The fourth-order valence-corrected chi connectivity index (χ4v) is 3.31. The van der Waals surface area contributed by atoms with Crippen molar-refractivity contribution >= 4 is 47.6 Å². The van der Waals surface area contributed by atoms with Crippen LogP contribution < -0.4 is 4.72 Å². The van der Waals surface area contributed by atoms with Crippen LogP contribution in [0.2, 0.25) is 0 Å². The van der Waals surface area contributed by atoms with Gasteiger partial charge in [0.15, 0.2) is 0 Å². The molecule has 0 aliphatic heterocycles. The van der Waals surface area contributed by atoms with Crippen LogP contribution in [0.5, 0.6) is 0 Å². The average Bonchev–Trinajstić information content (AvgIpc) is 2.33. The summed E-state index contributed by atoms with van der Waals surface area (Å²) in [5.74, 6) is -0.446. The van der Waals surface area contributed by atoms with Gasteiger partial charge in [-0.2, -0.15) is 0 Å². The van der Waals surface area contributed by atoms with Crippen molar-refractivity contribution < 1.29 is 12.8 Å². The molecule has 2 rings (SSSR count). The molecule has 0 amide bonds. The molecule has 100 valence electrons. The van der Waals surface area contributed by atoms with Gasteiger partial charge < -0.3 is 0 Å². The average molecular weight is 409 g/mol. The van der Waals surface area contributed by atoms with Crippen molar-refractivity contribution in [3.8, 4) is 0 Å². The largest absolute Gasteiger partial charge is 0.278 e. The van der Waals surface area contributed by atoms with Gasteiger partial charge in [-0.25, -0.2) is 12.8 Å². The molecule has 0 bridgehead atoms. The van der Waals surface area contributed by atoms with Gasteiger partial charge in [-0.1, -0.05) is 15.9 Å². The third kappa shape index (κ3) is 3.55. The number of hydrogen-bond donors (Lipinski definition) is 1.